The Hall–Kier alpha value is -0.570. The predicted molar refractivity (Wildman–Crippen MR) is 78.7 cm³/mol. The molecule has 2 aliphatic carbocycles. The first kappa shape index (κ1) is 14.8. The lowest BCUT2D eigenvalue weighted by atomic mass is 9.76. The quantitative estimate of drug-likeness (QED) is 0.825. The summed E-state index contributed by atoms with van der Waals surface area (Å²) >= 11 is 0. The van der Waals surface area contributed by atoms with E-state index in [2.05, 4.69) is 19.2 Å². The second kappa shape index (κ2) is 6.74. The molecular weight excluding hydrogens is 236 g/mol. The van der Waals surface area contributed by atoms with Gasteiger partial charge in [0.2, 0.25) is 5.91 Å². The third kappa shape index (κ3) is 3.71. The molecule has 5 atom stereocenters. The van der Waals surface area contributed by atoms with E-state index in [0.29, 0.717) is 12.0 Å². The van der Waals surface area contributed by atoms with Crippen LogP contribution in [0.3, 0.4) is 0 Å². The van der Waals surface area contributed by atoms with Crippen LogP contribution in [-0.4, -0.2) is 18.0 Å². The number of rotatable bonds is 3. The maximum atomic E-state index is 12.5. The molecule has 0 spiro atoms. The summed E-state index contributed by atoms with van der Waals surface area (Å²) in [7, 11) is 0. The normalized spacial score (nSPS) is 39.8. The largest absolute Gasteiger partial charge is 0.353 e. The van der Waals surface area contributed by atoms with Crippen LogP contribution in [0.4, 0.5) is 0 Å². The molecule has 2 fully saturated rings. The Morgan fingerprint density at radius 1 is 1.21 bits per heavy atom. The second-order valence-electron chi connectivity index (χ2n) is 6.74. The molecule has 110 valence electrons. The minimum Gasteiger partial charge on any atom is -0.353 e. The predicted octanol–water partition coefficient (Wildman–Crippen LogP) is 2.83. The zero-order valence-corrected chi connectivity index (χ0v) is 12.5. The number of nitrogens with two attached hydrogens (primary N) is 1. The van der Waals surface area contributed by atoms with Gasteiger partial charge in [0.25, 0.3) is 0 Å². The van der Waals surface area contributed by atoms with Crippen molar-refractivity contribution in [1.29, 1.82) is 0 Å². The number of carbonyl (C=O) groups is 1. The SMILES string of the molecule is CCC1CCCC(NC(=O)C2C(C)CCCC2N)C1. The van der Waals surface area contributed by atoms with Crippen LogP contribution in [0.1, 0.15) is 65.2 Å². The Morgan fingerprint density at radius 2 is 1.95 bits per heavy atom. The average molecular weight is 266 g/mol. The van der Waals surface area contributed by atoms with Crippen molar-refractivity contribution in [3.8, 4) is 0 Å². The molecule has 19 heavy (non-hydrogen) atoms. The molecule has 0 aliphatic heterocycles. The number of nitrogens with one attached hydrogen (secondary N) is 1. The molecule has 0 radical (unpaired) electrons. The Balaban J connectivity index is 1.89. The summed E-state index contributed by atoms with van der Waals surface area (Å²) in [6.07, 6.45) is 9.48. The van der Waals surface area contributed by atoms with E-state index in [1.54, 1.807) is 0 Å². The fourth-order valence-corrected chi connectivity index (χ4v) is 4.00. The van der Waals surface area contributed by atoms with Crippen LogP contribution in [0.25, 0.3) is 0 Å². The Labute approximate surface area is 117 Å². The van der Waals surface area contributed by atoms with E-state index in [9.17, 15) is 4.79 Å². The molecule has 0 aromatic rings. The fraction of sp³-hybridized carbons (Fsp3) is 0.938. The summed E-state index contributed by atoms with van der Waals surface area (Å²) in [5, 5.41) is 3.29. The monoisotopic (exact) mass is 266 g/mol. The molecule has 0 aromatic heterocycles. The Bertz CT molecular complexity index is 295. The summed E-state index contributed by atoms with van der Waals surface area (Å²) in [5.74, 6) is 1.50. The molecule has 5 unspecified atom stereocenters. The highest BCUT2D eigenvalue weighted by Crippen LogP contribution is 2.31. The summed E-state index contributed by atoms with van der Waals surface area (Å²) in [4.78, 5) is 12.5. The molecule has 3 N–H and O–H groups in total. The number of hydrogen-bond acceptors (Lipinski definition) is 2. The zero-order valence-electron chi connectivity index (χ0n) is 12.5. The number of carbonyl (C=O) groups excluding carboxylic acids is 1. The molecular formula is C16H30N2O. The van der Waals surface area contributed by atoms with Crippen LogP contribution >= 0.6 is 0 Å². The van der Waals surface area contributed by atoms with Crippen molar-refractivity contribution < 1.29 is 4.79 Å². The maximum Gasteiger partial charge on any atom is 0.225 e. The molecule has 0 aromatic carbocycles. The first-order chi connectivity index (χ1) is 9.11. The molecule has 1 amide bonds. The average Bonchev–Trinajstić information content (AvgIpc) is 2.38. The van der Waals surface area contributed by atoms with Gasteiger partial charge in [0.15, 0.2) is 0 Å². The first-order valence-corrected chi connectivity index (χ1v) is 8.17. The molecule has 2 aliphatic rings. The van der Waals surface area contributed by atoms with Gasteiger partial charge < -0.3 is 11.1 Å². The fourth-order valence-electron chi connectivity index (χ4n) is 4.00. The van der Waals surface area contributed by atoms with Crippen LogP contribution in [0.5, 0.6) is 0 Å². The van der Waals surface area contributed by atoms with Crippen LogP contribution in [0.2, 0.25) is 0 Å². The summed E-state index contributed by atoms with van der Waals surface area (Å²) < 4.78 is 0. The molecule has 2 rings (SSSR count). The van der Waals surface area contributed by atoms with Gasteiger partial charge in [-0.25, -0.2) is 0 Å². The lowest BCUT2D eigenvalue weighted by molar-refractivity contribution is -0.129. The van der Waals surface area contributed by atoms with Gasteiger partial charge in [-0.05, 0) is 37.5 Å². The first-order valence-electron chi connectivity index (χ1n) is 8.17. The van der Waals surface area contributed by atoms with Gasteiger partial charge in [0, 0.05) is 12.1 Å². The Kier molecular flexibility index (Phi) is 5.26. The second-order valence-corrected chi connectivity index (χ2v) is 6.74. The minimum absolute atomic E-state index is 0.0377. The van der Waals surface area contributed by atoms with E-state index < -0.39 is 0 Å². The minimum atomic E-state index is 0.0377. The smallest absolute Gasteiger partial charge is 0.225 e. The molecule has 3 heteroatoms. The van der Waals surface area contributed by atoms with Gasteiger partial charge in [-0.2, -0.15) is 0 Å². The van der Waals surface area contributed by atoms with E-state index in [1.807, 2.05) is 0 Å². The van der Waals surface area contributed by atoms with Crippen LogP contribution in [0.15, 0.2) is 0 Å². The highest BCUT2D eigenvalue weighted by Gasteiger charge is 2.35. The standard InChI is InChI=1S/C16H30N2O/c1-3-12-7-5-8-13(10-12)18-16(19)15-11(2)6-4-9-14(15)17/h11-15H,3-10,17H2,1-2H3,(H,18,19). The van der Waals surface area contributed by atoms with Crippen molar-refractivity contribution in [3.05, 3.63) is 0 Å². The zero-order chi connectivity index (χ0) is 13.8. The number of amides is 1. The van der Waals surface area contributed by atoms with E-state index in [4.69, 9.17) is 5.73 Å². The van der Waals surface area contributed by atoms with Crippen molar-refractivity contribution in [1.82, 2.24) is 5.32 Å². The van der Waals surface area contributed by atoms with Crippen LogP contribution in [-0.2, 0) is 4.79 Å². The van der Waals surface area contributed by atoms with Crippen molar-refractivity contribution in [2.45, 2.75) is 77.3 Å². The molecule has 3 nitrogen and oxygen atoms in total. The lowest BCUT2D eigenvalue weighted by Crippen LogP contribution is -2.50. The van der Waals surface area contributed by atoms with Gasteiger partial charge >= 0.3 is 0 Å². The molecule has 0 saturated heterocycles. The van der Waals surface area contributed by atoms with Gasteiger partial charge in [-0.1, -0.05) is 39.5 Å². The van der Waals surface area contributed by atoms with Crippen molar-refractivity contribution >= 4 is 5.91 Å². The summed E-state index contributed by atoms with van der Waals surface area (Å²) in [6, 6.07) is 0.460. The van der Waals surface area contributed by atoms with E-state index in [-0.39, 0.29) is 17.9 Å². The van der Waals surface area contributed by atoms with Crippen molar-refractivity contribution in [2.24, 2.45) is 23.5 Å². The highest BCUT2D eigenvalue weighted by molar-refractivity contribution is 5.80. The summed E-state index contributed by atoms with van der Waals surface area (Å²) in [6.45, 7) is 4.44. The third-order valence-electron chi connectivity index (χ3n) is 5.28. The summed E-state index contributed by atoms with van der Waals surface area (Å²) in [5.41, 5.74) is 6.17. The van der Waals surface area contributed by atoms with E-state index >= 15 is 0 Å². The topological polar surface area (TPSA) is 55.1 Å². The van der Waals surface area contributed by atoms with E-state index in [1.165, 1.54) is 32.1 Å². The number of hydrogen-bond donors (Lipinski definition) is 2. The molecule has 2 saturated carbocycles. The van der Waals surface area contributed by atoms with Gasteiger partial charge in [-0.3, -0.25) is 4.79 Å². The van der Waals surface area contributed by atoms with Gasteiger partial charge in [-0.15, -0.1) is 0 Å². The Morgan fingerprint density at radius 3 is 2.63 bits per heavy atom. The third-order valence-corrected chi connectivity index (χ3v) is 5.28. The maximum absolute atomic E-state index is 12.5. The van der Waals surface area contributed by atoms with Crippen LogP contribution in [0, 0.1) is 17.8 Å². The van der Waals surface area contributed by atoms with E-state index in [0.717, 1.165) is 25.2 Å². The van der Waals surface area contributed by atoms with Crippen molar-refractivity contribution in [3.63, 3.8) is 0 Å². The highest BCUT2D eigenvalue weighted by atomic mass is 16.2. The molecule has 0 bridgehead atoms. The molecule has 0 heterocycles. The van der Waals surface area contributed by atoms with Crippen LogP contribution < -0.4 is 11.1 Å². The van der Waals surface area contributed by atoms with Crippen molar-refractivity contribution in [2.75, 3.05) is 0 Å². The van der Waals surface area contributed by atoms with Gasteiger partial charge in [0.05, 0.1) is 5.92 Å². The van der Waals surface area contributed by atoms with Gasteiger partial charge in [0.1, 0.15) is 0 Å². The lowest BCUT2D eigenvalue weighted by Gasteiger charge is -2.36.